The van der Waals surface area contributed by atoms with Gasteiger partial charge in [-0.05, 0) is 72.2 Å². The summed E-state index contributed by atoms with van der Waals surface area (Å²) in [6, 6.07) is 13.2. The summed E-state index contributed by atoms with van der Waals surface area (Å²) < 4.78 is 0. The minimum Gasteiger partial charge on any atom is -0.0616 e. The summed E-state index contributed by atoms with van der Waals surface area (Å²) >= 11 is 0. The van der Waals surface area contributed by atoms with Crippen molar-refractivity contribution in [1.82, 2.24) is 0 Å². The predicted molar refractivity (Wildman–Crippen MR) is 73.7 cm³/mol. The lowest BCUT2D eigenvalue weighted by molar-refractivity contribution is 0.838. The molecule has 0 fully saturated rings. The van der Waals surface area contributed by atoms with Crippen LogP contribution in [-0.2, 0) is 25.7 Å². The average Bonchev–Trinajstić information content (AvgIpc) is 2.32. The molecule has 0 saturated carbocycles. The van der Waals surface area contributed by atoms with Crippen molar-refractivity contribution in [3.63, 3.8) is 0 Å². The van der Waals surface area contributed by atoms with Crippen LogP contribution in [0.3, 0.4) is 0 Å². The second-order valence-electron chi connectivity index (χ2n) is 5.22. The van der Waals surface area contributed by atoms with Crippen molar-refractivity contribution in [2.45, 2.75) is 25.7 Å². The van der Waals surface area contributed by atoms with Crippen molar-refractivity contribution in [3.05, 3.63) is 69.8 Å². The number of aryl methyl sites for hydroxylation is 4. The highest BCUT2D eigenvalue weighted by Crippen LogP contribution is 2.24. The first-order valence-electron chi connectivity index (χ1n) is 6.64. The van der Waals surface area contributed by atoms with Crippen LogP contribution >= 0.6 is 0 Å². The maximum atomic E-state index is 3.28. The molecule has 2 aliphatic carbocycles. The Morgan fingerprint density at radius 2 is 1.00 bits per heavy atom. The number of rotatable bonds is 0. The van der Waals surface area contributed by atoms with Crippen molar-refractivity contribution < 1.29 is 0 Å². The van der Waals surface area contributed by atoms with Crippen LogP contribution in [0.2, 0.25) is 0 Å². The van der Waals surface area contributed by atoms with Gasteiger partial charge in [-0.15, -0.1) is 0 Å². The monoisotopic (exact) mass is 230 g/mol. The van der Waals surface area contributed by atoms with Gasteiger partial charge in [0.2, 0.25) is 0 Å². The summed E-state index contributed by atoms with van der Waals surface area (Å²) in [6.07, 6.45) is 4.94. The van der Waals surface area contributed by atoms with Crippen LogP contribution in [0.5, 0.6) is 0 Å². The van der Waals surface area contributed by atoms with Gasteiger partial charge >= 0.3 is 0 Å². The molecule has 0 heteroatoms. The van der Waals surface area contributed by atoms with Crippen molar-refractivity contribution >= 4 is 0 Å². The molecule has 0 unspecified atom stereocenters. The molecule has 0 aliphatic heterocycles. The van der Waals surface area contributed by atoms with Gasteiger partial charge in [0, 0.05) is 11.1 Å². The van der Waals surface area contributed by atoms with E-state index in [9.17, 15) is 0 Å². The van der Waals surface area contributed by atoms with E-state index < -0.39 is 0 Å². The van der Waals surface area contributed by atoms with Gasteiger partial charge < -0.3 is 0 Å². The summed E-state index contributed by atoms with van der Waals surface area (Å²) in [5.41, 5.74) is 8.27. The minimum absolute atomic E-state index is 1.15. The first kappa shape index (κ1) is 9.97. The summed E-state index contributed by atoms with van der Waals surface area (Å²) in [6.45, 7) is 0. The summed E-state index contributed by atoms with van der Waals surface area (Å²) in [4.78, 5) is 0. The Morgan fingerprint density at radius 1 is 0.556 bits per heavy atom. The van der Waals surface area contributed by atoms with E-state index >= 15 is 0 Å². The van der Waals surface area contributed by atoms with Crippen molar-refractivity contribution in [2.75, 3.05) is 0 Å². The van der Waals surface area contributed by atoms with E-state index in [1.807, 2.05) is 0 Å². The molecule has 0 amide bonds. The Hall–Kier alpha value is -2.00. The summed E-state index contributed by atoms with van der Waals surface area (Å²) in [5.74, 6) is 6.57. The Bertz CT molecular complexity index is 636. The molecule has 0 N–H and O–H groups in total. The molecular formula is C18H14. The topological polar surface area (TPSA) is 0 Å². The molecule has 0 radical (unpaired) electrons. The number of benzene rings is 2. The molecule has 2 aliphatic rings. The highest BCUT2D eigenvalue weighted by molar-refractivity contribution is 5.50. The molecule has 0 aromatic heterocycles. The second kappa shape index (κ2) is 3.75. The molecular weight excluding hydrogens is 216 g/mol. The van der Waals surface area contributed by atoms with Crippen molar-refractivity contribution in [3.8, 4) is 11.8 Å². The van der Waals surface area contributed by atoms with Gasteiger partial charge in [0.05, 0.1) is 0 Å². The summed E-state index contributed by atoms with van der Waals surface area (Å²) in [5, 5.41) is 0. The van der Waals surface area contributed by atoms with Gasteiger partial charge in [0.1, 0.15) is 0 Å². The highest BCUT2D eigenvalue weighted by Gasteiger charge is 2.13. The van der Waals surface area contributed by atoms with E-state index in [1.54, 1.807) is 0 Å². The third-order valence-corrected chi connectivity index (χ3v) is 4.09. The van der Waals surface area contributed by atoms with Crippen LogP contribution in [0.1, 0.15) is 33.4 Å². The van der Waals surface area contributed by atoms with Gasteiger partial charge in [-0.3, -0.25) is 0 Å². The second-order valence-corrected chi connectivity index (χ2v) is 5.22. The van der Waals surface area contributed by atoms with Crippen LogP contribution in [0.15, 0.2) is 36.4 Å². The molecule has 2 aromatic carbocycles. The van der Waals surface area contributed by atoms with Gasteiger partial charge in [0.15, 0.2) is 0 Å². The SMILES string of the molecule is C(#Cc1ccc2c(c1)CC2)c1ccc2c(c1)CC2. The third-order valence-electron chi connectivity index (χ3n) is 4.09. The van der Waals surface area contributed by atoms with E-state index in [0.29, 0.717) is 0 Å². The van der Waals surface area contributed by atoms with Crippen LogP contribution in [0, 0.1) is 11.8 Å². The van der Waals surface area contributed by atoms with Gasteiger partial charge in [-0.1, -0.05) is 24.0 Å². The van der Waals surface area contributed by atoms with E-state index in [-0.39, 0.29) is 0 Å². The van der Waals surface area contributed by atoms with E-state index in [2.05, 4.69) is 48.2 Å². The largest absolute Gasteiger partial charge is 0.0616 e. The Balaban J connectivity index is 1.65. The van der Waals surface area contributed by atoms with Crippen molar-refractivity contribution in [2.24, 2.45) is 0 Å². The molecule has 0 saturated heterocycles. The van der Waals surface area contributed by atoms with Crippen LogP contribution in [0.25, 0.3) is 0 Å². The van der Waals surface area contributed by atoms with Gasteiger partial charge in [0.25, 0.3) is 0 Å². The zero-order valence-electron chi connectivity index (χ0n) is 10.3. The fraction of sp³-hybridized carbons (Fsp3) is 0.222. The first-order valence-corrected chi connectivity index (χ1v) is 6.64. The standard InChI is InChI=1S/C18H14/c1(13-3-5-15-7-9-17(15)11-13)2-14-4-6-16-8-10-18(16)12-14/h3-6,11-12H,7-10H2. The zero-order valence-corrected chi connectivity index (χ0v) is 10.3. The molecule has 0 bridgehead atoms. The fourth-order valence-corrected chi connectivity index (χ4v) is 2.69. The maximum absolute atomic E-state index is 3.28. The average molecular weight is 230 g/mol. The van der Waals surface area contributed by atoms with Gasteiger partial charge in [-0.25, -0.2) is 0 Å². The minimum atomic E-state index is 1.15. The molecule has 0 nitrogen and oxygen atoms in total. The smallest absolute Gasteiger partial charge is 0.0251 e. The number of fused-ring (bicyclic) bond motifs is 2. The third kappa shape index (κ3) is 1.56. The molecule has 0 spiro atoms. The van der Waals surface area contributed by atoms with E-state index in [0.717, 1.165) is 11.1 Å². The predicted octanol–water partition coefficient (Wildman–Crippen LogP) is 3.28. The summed E-state index contributed by atoms with van der Waals surface area (Å²) in [7, 11) is 0. The number of hydrogen-bond acceptors (Lipinski definition) is 0. The highest BCUT2D eigenvalue weighted by atomic mass is 14.2. The molecule has 18 heavy (non-hydrogen) atoms. The fourth-order valence-electron chi connectivity index (χ4n) is 2.69. The molecule has 0 heterocycles. The van der Waals surface area contributed by atoms with Gasteiger partial charge in [-0.2, -0.15) is 0 Å². The van der Waals surface area contributed by atoms with Crippen LogP contribution < -0.4 is 0 Å². The molecule has 86 valence electrons. The zero-order chi connectivity index (χ0) is 11.9. The van der Waals surface area contributed by atoms with Crippen LogP contribution in [-0.4, -0.2) is 0 Å². The Kier molecular flexibility index (Phi) is 2.08. The van der Waals surface area contributed by atoms with Crippen LogP contribution in [0.4, 0.5) is 0 Å². The van der Waals surface area contributed by atoms with E-state index in [4.69, 9.17) is 0 Å². The normalized spacial score (nSPS) is 14.4. The lowest BCUT2D eigenvalue weighted by atomic mass is 9.87. The molecule has 2 aromatic rings. The number of hydrogen-bond donors (Lipinski definition) is 0. The van der Waals surface area contributed by atoms with E-state index in [1.165, 1.54) is 47.9 Å². The van der Waals surface area contributed by atoms with Crippen molar-refractivity contribution in [1.29, 1.82) is 0 Å². The lowest BCUT2D eigenvalue weighted by Crippen LogP contribution is -2.08. The Morgan fingerprint density at radius 3 is 1.33 bits per heavy atom. The molecule has 4 rings (SSSR count). The lowest BCUT2D eigenvalue weighted by Gasteiger charge is -2.18. The first-order chi connectivity index (χ1) is 8.88. The molecule has 0 atom stereocenters. The quantitative estimate of drug-likeness (QED) is 0.609. The maximum Gasteiger partial charge on any atom is 0.0251 e. The Labute approximate surface area is 108 Å².